The normalized spacial score (nSPS) is 10.5. The summed E-state index contributed by atoms with van der Waals surface area (Å²) in [5.41, 5.74) is 3.67. The summed E-state index contributed by atoms with van der Waals surface area (Å²) in [6, 6.07) is 12.7. The minimum Gasteiger partial charge on any atom is -0.493 e. The summed E-state index contributed by atoms with van der Waals surface area (Å²) < 4.78 is 11.8. The smallest absolute Gasteiger partial charge is 0.275 e. The summed E-state index contributed by atoms with van der Waals surface area (Å²) in [6.07, 6.45) is 3.20. The van der Waals surface area contributed by atoms with Crippen LogP contribution in [0.2, 0.25) is 0 Å². The zero-order valence-corrected chi connectivity index (χ0v) is 15.5. The van der Waals surface area contributed by atoms with Gasteiger partial charge < -0.3 is 9.47 Å². The highest BCUT2D eigenvalue weighted by atomic mass is 79.9. The lowest BCUT2D eigenvalue weighted by molar-refractivity contribution is 0.0951. The van der Waals surface area contributed by atoms with Gasteiger partial charge in [-0.05, 0) is 37.3 Å². The van der Waals surface area contributed by atoms with Crippen molar-refractivity contribution >= 4 is 28.1 Å². The van der Waals surface area contributed by atoms with Crippen molar-refractivity contribution in [2.24, 2.45) is 5.10 Å². The predicted molar refractivity (Wildman–Crippen MR) is 103 cm³/mol. The molecule has 1 N–H and O–H groups in total. The van der Waals surface area contributed by atoms with Crippen LogP contribution in [0.3, 0.4) is 0 Å². The number of halogens is 1. The maximum atomic E-state index is 12.4. The van der Waals surface area contributed by atoms with Gasteiger partial charge in [0.15, 0.2) is 0 Å². The number of hydrogen-bond donors (Lipinski definition) is 1. The summed E-state index contributed by atoms with van der Waals surface area (Å²) in [4.78, 5) is 12.4. The second kappa shape index (κ2) is 9.64. The van der Waals surface area contributed by atoms with E-state index in [9.17, 15) is 4.79 Å². The van der Waals surface area contributed by atoms with Gasteiger partial charge in [0.2, 0.25) is 0 Å². The minimum atomic E-state index is -0.356. The highest BCUT2D eigenvalue weighted by molar-refractivity contribution is 9.10. The molecule has 0 bridgehead atoms. The van der Waals surface area contributed by atoms with E-state index in [1.807, 2.05) is 37.3 Å². The molecule has 2 rings (SSSR count). The lowest BCUT2D eigenvalue weighted by atomic mass is 10.2. The van der Waals surface area contributed by atoms with Crippen molar-refractivity contribution in [1.82, 2.24) is 5.43 Å². The molecule has 25 heavy (non-hydrogen) atoms. The number of amides is 1. The Morgan fingerprint density at radius 3 is 2.80 bits per heavy atom. The Labute approximate surface area is 155 Å². The number of carbonyl (C=O) groups excluding carboxylic acids is 1. The van der Waals surface area contributed by atoms with Gasteiger partial charge in [0.25, 0.3) is 5.91 Å². The molecule has 0 saturated carbocycles. The Morgan fingerprint density at radius 2 is 2.04 bits per heavy atom. The average Bonchev–Trinajstić information content (AvgIpc) is 2.62. The van der Waals surface area contributed by atoms with Gasteiger partial charge in [-0.25, -0.2) is 5.43 Å². The SMILES string of the molecule is C=CCOc1ccccc1/C=N\NC(=O)c1cc(Br)ccc1OCC. The van der Waals surface area contributed by atoms with Gasteiger partial charge >= 0.3 is 0 Å². The van der Waals surface area contributed by atoms with Crippen LogP contribution in [0, 0.1) is 0 Å². The van der Waals surface area contributed by atoms with Gasteiger partial charge in [-0.2, -0.15) is 5.10 Å². The topological polar surface area (TPSA) is 59.9 Å². The molecule has 0 radical (unpaired) electrons. The lowest BCUT2D eigenvalue weighted by Crippen LogP contribution is -2.19. The number of para-hydroxylation sites is 1. The fraction of sp³-hybridized carbons (Fsp3) is 0.158. The quantitative estimate of drug-likeness (QED) is 0.409. The number of carbonyl (C=O) groups is 1. The fourth-order valence-electron chi connectivity index (χ4n) is 2.05. The van der Waals surface area contributed by atoms with Crippen LogP contribution in [0.5, 0.6) is 11.5 Å². The van der Waals surface area contributed by atoms with Gasteiger partial charge in [0.1, 0.15) is 18.1 Å². The molecule has 130 valence electrons. The van der Waals surface area contributed by atoms with E-state index in [1.165, 1.54) is 6.21 Å². The molecule has 0 atom stereocenters. The van der Waals surface area contributed by atoms with Crippen LogP contribution in [0.25, 0.3) is 0 Å². The van der Waals surface area contributed by atoms with Crippen LogP contribution in [-0.2, 0) is 0 Å². The monoisotopic (exact) mass is 402 g/mol. The van der Waals surface area contributed by atoms with E-state index in [4.69, 9.17) is 9.47 Å². The second-order valence-electron chi connectivity index (χ2n) is 4.91. The van der Waals surface area contributed by atoms with Crippen molar-refractivity contribution in [2.75, 3.05) is 13.2 Å². The van der Waals surface area contributed by atoms with Crippen LogP contribution >= 0.6 is 15.9 Å². The highest BCUT2D eigenvalue weighted by Crippen LogP contribution is 2.23. The van der Waals surface area contributed by atoms with Crippen molar-refractivity contribution in [3.8, 4) is 11.5 Å². The molecule has 0 unspecified atom stereocenters. The zero-order valence-electron chi connectivity index (χ0n) is 13.9. The van der Waals surface area contributed by atoms with E-state index in [-0.39, 0.29) is 5.91 Å². The molecular formula is C19H19BrN2O3. The molecular weight excluding hydrogens is 384 g/mol. The van der Waals surface area contributed by atoms with Gasteiger partial charge in [0, 0.05) is 10.0 Å². The zero-order chi connectivity index (χ0) is 18.1. The molecule has 0 aliphatic heterocycles. The van der Waals surface area contributed by atoms with Crippen LogP contribution in [0.4, 0.5) is 0 Å². The van der Waals surface area contributed by atoms with Crippen LogP contribution in [0.1, 0.15) is 22.8 Å². The molecule has 0 aliphatic carbocycles. The highest BCUT2D eigenvalue weighted by Gasteiger charge is 2.12. The molecule has 2 aromatic carbocycles. The number of hydrogen-bond acceptors (Lipinski definition) is 4. The first-order chi connectivity index (χ1) is 12.2. The molecule has 0 saturated heterocycles. The largest absolute Gasteiger partial charge is 0.493 e. The maximum Gasteiger partial charge on any atom is 0.275 e. The summed E-state index contributed by atoms with van der Waals surface area (Å²) >= 11 is 3.36. The summed E-state index contributed by atoms with van der Waals surface area (Å²) in [5.74, 6) is 0.816. The molecule has 6 heteroatoms. The summed E-state index contributed by atoms with van der Waals surface area (Å²) in [7, 11) is 0. The lowest BCUT2D eigenvalue weighted by Gasteiger charge is -2.09. The Kier molecular flexibility index (Phi) is 7.22. The molecule has 5 nitrogen and oxygen atoms in total. The number of nitrogens with one attached hydrogen (secondary N) is 1. The first-order valence-corrected chi connectivity index (χ1v) is 8.53. The molecule has 0 fully saturated rings. The van der Waals surface area contributed by atoms with E-state index >= 15 is 0 Å². The van der Waals surface area contributed by atoms with Gasteiger partial charge in [-0.1, -0.05) is 40.7 Å². The third-order valence-corrected chi connectivity index (χ3v) is 3.62. The predicted octanol–water partition coefficient (Wildman–Crippen LogP) is 4.18. The van der Waals surface area contributed by atoms with Crippen molar-refractivity contribution in [3.05, 3.63) is 70.7 Å². The van der Waals surface area contributed by atoms with Crippen LogP contribution < -0.4 is 14.9 Å². The van der Waals surface area contributed by atoms with Crippen LogP contribution in [0.15, 0.2) is 64.7 Å². The second-order valence-corrected chi connectivity index (χ2v) is 5.83. The van der Waals surface area contributed by atoms with E-state index in [1.54, 1.807) is 18.2 Å². The summed E-state index contributed by atoms with van der Waals surface area (Å²) in [5, 5.41) is 4.02. The number of ether oxygens (including phenoxy) is 2. The Bertz CT molecular complexity index is 775. The van der Waals surface area contributed by atoms with Crippen molar-refractivity contribution in [2.45, 2.75) is 6.92 Å². The first kappa shape index (κ1) is 18.7. The molecule has 0 aliphatic rings. The van der Waals surface area contributed by atoms with E-state index < -0.39 is 0 Å². The van der Waals surface area contributed by atoms with E-state index in [2.05, 4.69) is 33.0 Å². The standard InChI is InChI=1S/C19H19BrN2O3/c1-3-11-25-17-8-6-5-7-14(17)13-21-22-19(23)16-12-15(20)9-10-18(16)24-4-2/h3,5-10,12-13H,1,4,11H2,2H3,(H,22,23)/b21-13-. The third-order valence-electron chi connectivity index (χ3n) is 3.13. The number of benzene rings is 2. The maximum absolute atomic E-state index is 12.4. The number of nitrogens with zero attached hydrogens (tertiary/aromatic N) is 1. The first-order valence-electron chi connectivity index (χ1n) is 7.74. The Morgan fingerprint density at radius 1 is 1.24 bits per heavy atom. The molecule has 0 spiro atoms. The Hall–Kier alpha value is -2.60. The average molecular weight is 403 g/mol. The van der Waals surface area contributed by atoms with Gasteiger partial charge in [0.05, 0.1) is 18.4 Å². The van der Waals surface area contributed by atoms with Crippen molar-refractivity contribution in [1.29, 1.82) is 0 Å². The number of hydrazone groups is 1. The Balaban J connectivity index is 2.11. The third kappa shape index (κ3) is 5.46. The van der Waals surface area contributed by atoms with E-state index in [0.717, 1.165) is 10.0 Å². The molecule has 0 aromatic heterocycles. The molecule has 2 aromatic rings. The fourth-order valence-corrected chi connectivity index (χ4v) is 2.41. The van der Waals surface area contributed by atoms with Gasteiger partial charge in [-0.15, -0.1) is 0 Å². The van der Waals surface area contributed by atoms with E-state index in [0.29, 0.717) is 30.3 Å². The minimum absolute atomic E-state index is 0.356. The summed E-state index contributed by atoms with van der Waals surface area (Å²) in [6.45, 7) is 6.35. The van der Waals surface area contributed by atoms with Crippen molar-refractivity contribution < 1.29 is 14.3 Å². The number of rotatable bonds is 8. The van der Waals surface area contributed by atoms with Crippen molar-refractivity contribution in [3.63, 3.8) is 0 Å². The van der Waals surface area contributed by atoms with Gasteiger partial charge in [-0.3, -0.25) is 4.79 Å². The molecule has 1 amide bonds. The molecule has 0 heterocycles. The van der Waals surface area contributed by atoms with Crippen LogP contribution in [-0.4, -0.2) is 25.3 Å².